The Morgan fingerprint density at radius 3 is 2.05 bits per heavy atom. The van der Waals surface area contributed by atoms with E-state index in [1.165, 1.54) is 18.8 Å². The minimum Gasteiger partial charge on any atom is -0.299 e. The predicted octanol–water partition coefficient (Wildman–Crippen LogP) is 2.71. The molecular formula is C20H22O. The first kappa shape index (κ1) is 9.73. The summed E-state index contributed by atoms with van der Waals surface area (Å²) in [5.41, 5.74) is 0. The van der Waals surface area contributed by atoms with Gasteiger partial charge in [-0.15, -0.1) is 0 Å². The second kappa shape index (κ2) is 2.38. The first-order valence-corrected chi connectivity index (χ1v) is 9.91. The summed E-state index contributed by atoms with van der Waals surface area (Å²) in [5, 5.41) is 0. The van der Waals surface area contributed by atoms with E-state index in [2.05, 4.69) is 0 Å². The van der Waals surface area contributed by atoms with Gasteiger partial charge in [-0.25, -0.2) is 0 Å². The molecule has 16 unspecified atom stereocenters. The molecule has 1 heteroatoms. The molecule has 108 valence electrons. The normalized spacial score (nSPS) is 87.5. The Morgan fingerprint density at radius 2 is 1.19 bits per heavy atom. The van der Waals surface area contributed by atoms with Crippen LogP contribution in [0.5, 0.6) is 0 Å². The smallest absolute Gasteiger partial charge is 0.139 e. The SMILES string of the molecule is O=C1C2CC3C4C5CCC6C5C5C4C4C3C2C2C1C6C5C24. The van der Waals surface area contributed by atoms with E-state index in [-0.39, 0.29) is 0 Å². The largest absolute Gasteiger partial charge is 0.299 e. The lowest BCUT2D eigenvalue weighted by Crippen LogP contribution is -2.31. The summed E-state index contributed by atoms with van der Waals surface area (Å²) in [5.74, 6) is 16.8. The van der Waals surface area contributed by atoms with Crippen molar-refractivity contribution in [2.45, 2.75) is 19.3 Å². The van der Waals surface area contributed by atoms with Crippen LogP contribution >= 0.6 is 0 Å². The van der Waals surface area contributed by atoms with Gasteiger partial charge < -0.3 is 0 Å². The Morgan fingerprint density at radius 1 is 0.571 bits per heavy atom. The third kappa shape index (κ3) is 0.606. The van der Waals surface area contributed by atoms with E-state index in [1.54, 1.807) is 6.42 Å². The van der Waals surface area contributed by atoms with Gasteiger partial charge in [0.25, 0.3) is 0 Å². The second-order valence-corrected chi connectivity index (χ2v) is 10.7. The molecule has 0 radical (unpaired) electrons. The number of hydrogen-bond acceptors (Lipinski definition) is 1. The van der Waals surface area contributed by atoms with Crippen molar-refractivity contribution in [3.05, 3.63) is 0 Å². The van der Waals surface area contributed by atoms with Crippen molar-refractivity contribution >= 4 is 5.78 Å². The van der Waals surface area contributed by atoms with E-state index >= 15 is 0 Å². The van der Waals surface area contributed by atoms with Gasteiger partial charge in [-0.1, -0.05) is 0 Å². The van der Waals surface area contributed by atoms with Gasteiger partial charge in [0, 0.05) is 11.8 Å². The molecule has 0 N–H and O–H groups in total. The molecular weight excluding hydrogens is 256 g/mol. The maximum Gasteiger partial charge on any atom is 0.139 e. The average molecular weight is 278 g/mol. The zero-order chi connectivity index (χ0) is 12.9. The van der Waals surface area contributed by atoms with E-state index in [0.29, 0.717) is 11.8 Å². The summed E-state index contributed by atoms with van der Waals surface area (Å²) in [6.07, 6.45) is 4.46. The van der Waals surface area contributed by atoms with Gasteiger partial charge in [-0.2, -0.15) is 0 Å². The summed E-state index contributed by atoms with van der Waals surface area (Å²) in [6, 6.07) is 0. The lowest BCUT2D eigenvalue weighted by Gasteiger charge is -2.31. The van der Waals surface area contributed by atoms with Gasteiger partial charge in [0.05, 0.1) is 0 Å². The van der Waals surface area contributed by atoms with Gasteiger partial charge in [0.1, 0.15) is 5.78 Å². The molecule has 9 aliphatic rings. The minimum atomic E-state index is 0.569. The molecule has 0 spiro atoms. The molecule has 0 heterocycles. The van der Waals surface area contributed by atoms with Crippen molar-refractivity contribution in [3.8, 4) is 0 Å². The molecule has 9 rings (SSSR count). The molecule has 0 bridgehead atoms. The molecule has 0 aromatic heterocycles. The fraction of sp³-hybridized carbons (Fsp3) is 0.950. The Hall–Kier alpha value is -0.330. The molecule has 0 aromatic rings. The Labute approximate surface area is 125 Å². The average Bonchev–Trinajstić information content (AvgIpc) is 3.17. The molecule has 1 nitrogen and oxygen atoms in total. The first-order chi connectivity index (χ1) is 10.4. The van der Waals surface area contributed by atoms with Crippen molar-refractivity contribution in [1.29, 1.82) is 0 Å². The Balaban J connectivity index is 1.48. The van der Waals surface area contributed by atoms with E-state index in [0.717, 1.165) is 82.7 Å². The van der Waals surface area contributed by atoms with Crippen molar-refractivity contribution in [2.24, 2.45) is 94.7 Å². The second-order valence-electron chi connectivity index (χ2n) is 10.7. The van der Waals surface area contributed by atoms with Crippen LogP contribution in [0.3, 0.4) is 0 Å². The maximum atomic E-state index is 13.3. The number of rotatable bonds is 0. The van der Waals surface area contributed by atoms with Gasteiger partial charge in [-0.3, -0.25) is 4.79 Å². The van der Waals surface area contributed by atoms with Crippen molar-refractivity contribution in [2.75, 3.05) is 0 Å². The van der Waals surface area contributed by atoms with Crippen LogP contribution in [0.1, 0.15) is 19.3 Å². The Bertz CT molecular complexity index is 658. The molecule has 9 fully saturated rings. The number of fused-ring (bicyclic) bond motifs is 4. The number of Topliss-reactive ketones (excluding diaryl/α,β-unsaturated/α-hetero) is 1. The highest BCUT2D eigenvalue weighted by Gasteiger charge is 2.88. The van der Waals surface area contributed by atoms with Crippen LogP contribution < -0.4 is 0 Å². The standard InChI is InChI=1S/C20H22O/c21-20-7-3-6-9-4-1-2-5-8(4)13-14(9)16-11(6)12(7)17-18(16)15(13)10(5)19(17)20/h4-19H,1-3H2. The lowest BCUT2D eigenvalue weighted by atomic mass is 9.73. The molecule has 0 aliphatic heterocycles. The number of carbonyl (C=O) groups is 1. The van der Waals surface area contributed by atoms with Gasteiger partial charge in [0.15, 0.2) is 0 Å². The minimum absolute atomic E-state index is 0.569. The topological polar surface area (TPSA) is 17.1 Å². The summed E-state index contributed by atoms with van der Waals surface area (Å²) in [7, 11) is 0. The van der Waals surface area contributed by atoms with E-state index in [9.17, 15) is 4.79 Å². The van der Waals surface area contributed by atoms with Crippen molar-refractivity contribution < 1.29 is 4.79 Å². The highest BCUT2D eigenvalue weighted by Crippen LogP contribution is 2.91. The molecule has 0 saturated heterocycles. The zero-order valence-electron chi connectivity index (χ0n) is 12.3. The molecule has 9 saturated carbocycles. The summed E-state index contributed by atoms with van der Waals surface area (Å²) < 4.78 is 0. The van der Waals surface area contributed by atoms with Crippen molar-refractivity contribution in [1.82, 2.24) is 0 Å². The van der Waals surface area contributed by atoms with Crippen molar-refractivity contribution in [3.63, 3.8) is 0 Å². The van der Waals surface area contributed by atoms with Crippen LogP contribution in [0.2, 0.25) is 0 Å². The highest BCUT2D eigenvalue weighted by molar-refractivity contribution is 5.88. The van der Waals surface area contributed by atoms with Gasteiger partial charge >= 0.3 is 0 Å². The number of carbonyl (C=O) groups excluding carboxylic acids is 1. The fourth-order valence-corrected chi connectivity index (χ4v) is 12.7. The molecule has 16 atom stereocenters. The monoisotopic (exact) mass is 278 g/mol. The molecule has 21 heavy (non-hydrogen) atoms. The number of ketones is 1. The molecule has 9 aliphatic carbocycles. The van der Waals surface area contributed by atoms with E-state index < -0.39 is 0 Å². The summed E-state index contributed by atoms with van der Waals surface area (Å²) >= 11 is 0. The van der Waals surface area contributed by atoms with Gasteiger partial charge in [0.2, 0.25) is 0 Å². The lowest BCUT2D eigenvalue weighted by molar-refractivity contribution is -0.126. The summed E-state index contributed by atoms with van der Waals surface area (Å²) in [4.78, 5) is 13.3. The Kier molecular flexibility index (Phi) is 1.10. The highest BCUT2D eigenvalue weighted by atomic mass is 16.1. The van der Waals surface area contributed by atoms with Crippen LogP contribution in [-0.4, -0.2) is 5.78 Å². The quantitative estimate of drug-likeness (QED) is 0.666. The molecule has 0 amide bonds. The van der Waals surface area contributed by atoms with Crippen LogP contribution in [0.15, 0.2) is 0 Å². The van der Waals surface area contributed by atoms with Gasteiger partial charge in [-0.05, 0) is 102 Å². The van der Waals surface area contributed by atoms with E-state index in [4.69, 9.17) is 0 Å². The first-order valence-electron chi connectivity index (χ1n) is 9.91. The van der Waals surface area contributed by atoms with Crippen LogP contribution in [0, 0.1) is 94.7 Å². The molecule has 0 aromatic carbocycles. The fourth-order valence-electron chi connectivity index (χ4n) is 12.7. The summed E-state index contributed by atoms with van der Waals surface area (Å²) in [6.45, 7) is 0. The van der Waals surface area contributed by atoms with Crippen LogP contribution in [-0.2, 0) is 4.79 Å². The van der Waals surface area contributed by atoms with Crippen LogP contribution in [0.25, 0.3) is 0 Å². The van der Waals surface area contributed by atoms with Crippen LogP contribution in [0.4, 0.5) is 0 Å². The number of hydrogen-bond donors (Lipinski definition) is 0. The zero-order valence-corrected chi connectivity index (χ0v) is 12.3. The third-order valence-corrected chi connectivity index (χ3v) is 11.6. The maximum absolute atomic E-state index is 13.3. The predicted molar refractivity (Wildman–Crippen MR) is 74.7 cm³/mol. The third-order valence-electron chi connectivity index (χ3n) is 11.6. The van der Waals surface area contributed by atoms with E-state index in [1.807, 2.05) is 0 Å².